The number of rotatable bonds is 6. The van der Waals surface area contributed by atoms with Gasteiger partial charge in [-0.1, -0.05) is 0 Å². The quantitative estimate of drug-likeness (QED) is 0.582. The van der Waals surface area contributed by atoms with Crippen LogP contribution in [0.4, 0.5) is 0 Å². The minimum Gasteiger partial charge on any atom is -0.326 e. The van der Waals surface area contributed by atoms with Crippen LogP contribution in [0.25, 0.3) is 0 Å². The first kappa shape index (κ1) is 12.8. The molecule has 0 radical (unpaired) electrons. The van der Waals surface area contributed by atoms with E-state index in [9.17, 15) is 8.42 Å². The summed E-state index contributed by atoms with van der Waals surface area (Å²) in [5.74, 6) is 0. The standard InChI is InChI=1S/C6H16N2O4S/c1-5(7)3-11-13(9,10)12-4-6(2)8/h5-6H,3-4,7-8H2,1-2H3/t5-,6-/m1/s1. The predicted molar refractivity (Wildman–Crippen MR) is 48.1 cm³/mol. The summed E-state index contributed by atoms with van der Waals surface area (Å²) in [6.45, 7) is 3.06. The van der Waals surface area contributed by atoms with E-state index >= 15 is 0 Å². The summed E-state index contributed by atoms with van der Waals surface area (Å²) >= 11 is 0. The summed E-state index contributed by atoms with van der Waals surface area (Å²) in [7, 11) is -3.93. The second-order valence-corrected chi connectivity index (χ2v) is 4.22. The fourth-order valence-electron chi connectivity index (χ4n) is 0.415. The van der Waals surface area contributed by atoms with Crippen LogP contribution in [0.5, 0.6) is 0 Å². The van der Waals surface area contributed by atoms with Crippen molar-refractivity contribution in [3.8, 4) is 0 Å². The van der Waals surface area contributed by atoms with Crippen molar-refractivity contribution in [2.75, 3.05) is 13.2 Å². The topological polar surface area (TPSA) is 105 Å². The van der Waals surface area contributed by atoms with Crippen LogP contribution in [0.3, 0.4) is 0 Å². The smallest absolute Gasteiger partial charge is 0.326 e. The zero-order valence-corrected chi connectivity index (χ0v) is 8.58. The summed E-state index contributed by atoms with van der Waals surface area (Å²) in [6, 6.07) is -0.706. The monoisotopic (exact) mass is 212 g/mol. The van der Waals surface area contributed by atoms with Crippen LogP contribution in [0.2, 0.25) is 0 Å². The van der Waals surface area contributed by atoms with Gasteiger partial charge in [0.15, 0.2) is 0 Å². The van der Waals surface area contributed by atoms with Gasteiger partial charge >= 0.3 is 10.4 Å². The van der Waals surface area contributed by atoms with E-state index < -0.39 is 10.4 Å². The van der Waals surface area contributed by atoms with Crippen molar-refractivity contribution in [2.45, 2.75) is 25.9 Å². The number of hydrogen-bond acceptors (Lipinski definition) is 6. The largest absolute Gasteiger partial charge is 0.399 e. The Labute approximate surface area is 78.5 Å². The molecule has 0 rings (SSSR count). The van der Waals surface area contributed by atoms with Gasteiger partial charge in [-0.3, -0.25) is 0 Å². The third-order valence-electron chi connectivity index (χ3n) is 0.951. The Hall–Kier alpha value is -0.210. The Morgan fingerprint density at radius 2 is 1.38 bits per heavy atom. The van der Waals surface area contributed by atoms with Gasteiger partial charge in [0.25, 0.3) is 0 Å². The molecule has 0 aromatic rings. The fraction of sp³-hybridized carbons (Fsp3) is 1.00. The van der Waals surface area contributed by atoms with Crippen LogP contribution < -0.4 is 11.5 Å². The predicted octanol–water partition coefficient (Wildman–Crippen LogP) is -1.04. The molecule has 4 N–H and O–H groups in total. The maximum absolute atomic E-state index is 10.9. The average Bonchev–Trinajstić information content (AvgIpc) is 1.98. The molecule has 0 aliphatic heterocycles. The molecule has 6 nitrogen and oxygen atoms in total. The second kappa shape index (κ2) is 5.51. The molecule has 0 heterocycles. The highest BCUT2D eigenvalue weighted by atomic mass is 32.3. The van der Waals surface area contributed by atoms with Crippen LogP contribution in [0.15, 0.2) is 0 Å². The lowest BCUT2D eigenvalue weighted by Crippen LogP contribution is -2.28. The normalized spacial score (nSPS) is 16.9. The van der Waals surface area contributed by atoms with Crippen molar-refractivity contribution in [1.29, 1.82) is 0 Å². The van der Waals surface area contributed by atoms with E-state index in [4.69, 9.17) is 11.5 Å². The van der Waals surface area contributed by atoms with E-state index in [1.807, 2.05) is 0 Å². The van der Waals surface area contributed by atoms with Crippen molar-refractivity contribution in [1.82, 2.24) is 0 Å². The van der Waals surface area contributed by atoms with E-state index in [-0.39, 0.29) is 25.3 Å². The highest BCUT2D eigenvalue weighted by molar-refractivity contribution is 7.81. The van der Waals surface area contributed by atoms with Gasteiger partial charge in [0.2, 0.25) is 0 Å². The van der Waals surface area contributed by atoms with Crippen molar-refractivity contribution in [3.05, 3.63) is 0 Å². The molecule has 0 amide bonds. The molecule has 0 bridgehead atoms. The zero-order valence-electron chi connectivity index (χ0n) is 7.76. The zero-order chi connectivity index (χ0) is 10.5. The van der Waals surface area contributed by atoms with Crippen LogP contribution in [-0.2, 0) is 18.8 Å². The molecule has 13 heavy (non-hydrogen) atoms. The molecule has 7 heteroatoms. The van der Waals surface area contributed by atoms with E-state index in [1.54, 1.807) is 13.8 Å². The van der Waals surface area contributed by atoms with Gasteiger partial charge in [0, 0.05) is 12.1 Å². The Balaban J connectivity index is 3.81. The summed E-state index contributed by atoms with van der Waals surface area (Å²) in [5, 5.41) is 0. The molecule has 80 valence electrons. The van der Waals surface area contributed by atoms with Gasteiger partial charge in [-0.15, -0.1) is 0 Å². The van der Waals surface area contributed by atoms with Crippen molar-refractivity contribution < 1.29 is 16.8 Å². The average molecular weight is 212 g/mol. The molecular formula is C6H16N2O4S. The first-order valence-electron chi connectivity index (χ1n) is 3.88. The number of hydrogen-bond donors (Lipinski definition) is 2. The SMILES string of the molecule is C[C@@H](N)COS(=O)(=O)OC[C@@H](C)N. The Morgan fingerprint density at radius 1 is 1.08 bits per heavy atom. The lowest BCUT2D eigenvalue weighted by atomic mass is 10.4. The maximum atomic E-state index is 10.9. The lowest BCUT2D eigenvalue weighted by molar-refractivity contribution is 0.201. The molecule has 0 aliphatic carbocycles. The second-order valence-electron chi connectivity index (χ2n) is 2.93. The highest BCUT2D eigenvalue weighted by Gasteiger charge is 2.13. The van der Waals surface area contributed by atoms with Crippen molar-refractivity contribution in [2.24, 2.45) is 11.5 Å². The molecule has 0 saturated carbocycles. The molecular weight excluding hydrogens is 196 g/mol. The first-order valence-corrected chi connectivity index (χ1v) is 5.22. The molecule has 2 atom stereocenters. The lowest BCUT2D eigenvalue weighted by Gasteiger charge is -2.08. The molecule has 0 saturated heterocycles. The molecule has 0 spiro atoms. The van der Waals surface area contributed by atoms with E-state index in [0.717, 1.165) is 0 Å². The molecule has 0 aromatic heterocycles. The molecule has 0 unspecified atom stereocenters. The van der Waals surface area contributed by atoms with Crippen LogP contribution in [0.1, 0.15) is 13.8 Å². The first-order chi connectivity index (χ1) is 5.83. The molecule has 0 fully saturated rings. The summed E-state index contributed by atoms with van der Waals surface area (Å²) < 4.78 is 30.6. The number of nitrogens with two attached hydrogens (primary N) is 2. The van der Waals surface area contributed by atoms with Crippen molar-refractivity contribution >= 4 is 10.4 Å². The minimum absolute atomic E-state index is 0.0959. The Kier molecular flexibility index (Phi) is 5.42. The van der Waals surface area contributed by atoms with Gasteiger partial charge in [-0.05, 0) is 13.8 Å². The summed E-state index contributed by atoms with van der Waals surface area (Å²) in [6.07, 6.45) is 0. The third-order valence-corrected chi connectivity index (χ3v) is 1.80. The van der Waals surface area contributed by atoms with Gasteiger partial charge in [0.1, 0.15) is 0 Å². The van der Waals surface area contributed by atoms with Crippen molar-refractivity contribution in [3.63, 3.8) is 0 Å². The third kappa shape index (κ3) is 8.13. The summed E-state index contributed by atoms with van der Waals surface area (Å²) in [5.41, 5.74) is 10.6. The minimum atomic E-state index is -3.93. The van der Waals surface area contributed by atoms with Crippen LogP contribution in [0, 0.1) is 0 Å². The molecule has 0 aliphatic rings. The van der Waals surface area contributed by atoms with Gasteiger partial charge < -0.3 is 11.5 Å². The summed E-state index contributed by atoms with van der Waals surface area (Å²) in [4.78, 5) is 0. The van der Waals surface area contributed by atoms with Gasteiger partial charge in [0.05, 0.1) is 13.2 Å². The highest BCUT2D eigenvalue weighted by Crippen LogP contribution is 1.97. The van der Waals surface area contributed by atoms with Crippen LogP contribution >= 0.6 is 0 Å². The fourth-order valence-corrected chi connectivity index (χ4v) is 1.25. The van der Waals surface area contributed by atoms with Gasteiger partial charge in [-0.2, -0.15) is 8.42 Å². The van der Waals surface area contributed by atoms with E-state index in [0.29, 0.717) is 0 Å². The maximum Gasteiger partial charge on any atom is 0.399 e. The van der Waals surface area contributed by atoms with E-state index in [2.05, 4.69) is 8.37 Å². The van der Waals surface area contributed by atoms with Gasteiger partial charge in [-0.25, -0.2) is 8.37 Å². The Bertz CT molecular complexity index is 207. The Morgan fingerprint density at radius 3 is 1.62 bits per heavy atom. The van der Waals surface area contributed by atoms with Crippen LogP contribution in [-0.4, -0.2) is 33.7 Å². The van der Waals surface area contributed by atoms with E-state index in [1.165, 1.54) is 0 Å². The molecule has 0 aromatic carbocycles.